The Kier molecular flexibility index (Phi) is 4.51. The molecule has 0 unspecified atom stereocenters. The molecule has 1 aromatic carbocycles. The van der Waals surface area contributed by atoms with Crippen molar-refractivity contribution in [3.63, 3.8) is 0 Å². The summed E-state index contributed by atoms with van der Waals surface area (Å²) in [5, 5.41) is 2.00. The summed E-state index contributed by atoms with van der Waals surface area (Å²) >= 11 is 0. The molecule has 0 bridgehead atoms. The molecule has 6 rings (SSSR count). The number of likely N-dealkylation sites (tertiary alicyclic amines) is 1. The third kappa shape index (κ3) is 2.86. The van der Waals surface area contributed by atoms with Crippen molar-refractivity contribution >= 4 is 28.5 Å². The van der Waals surface area contributed by atoms with Crippen LogP contribution in [0.25, 0.3) is 21.9 Å². The van der Waals surface area contributed by atoms with Crippen molar-refractivity contribution in [2.75, 3.05) is 25.1 Å². The number of hydrogen-bond donors (Lipinski definition) is 0. The van der Waals surface area contributed by atoms with Gasteiger partial charge in [-0.15, -0.1) is 0 Å². The lowest BCUT2D eigenvalue weighted by molar-refractivity contribution is -0.128. The molecule has 9 nitrogen and oxygen atoms in total. The van der Waals surface area contributed by atoms with Crippen molar-refractivity contribution < 1.29 is 14.3 Å². The van der Waals surface area contributed by atoms with E-state index in [4.69, 9.17) is 9.72 Å². The molecule has 9 heteroatoms. The first-order valence-corrected chi connectivity index (χ1v) is 10.8. The maximum Gasteiger partial charge on any atom is 0.409 e. The Morgan fingerprint density at radius 2 is 1.85 bits per heavy atom. The van der Waals surface area contributed by atoms with Gasteiger partial charge in [0, 0.05) is 54.4 Å². The Labute approximate surface area is 195 Å². The van der Waals surface area contributed by atoms with Crippen molar-refractivity contribution in [3.8, 4) is 11.1 Å². The predicted octanol–water partition coefficient (Wildman–Crippen LogP) is 2.95. The number of hydrogen-bond acceptors (Lipinski definition) is 7. The molecular weight excluding hydrogens is 432 g/mol. The molecule has 0 saturated carbocycles. The first kappa shape index (κ1) is 20.2. The zero-order valence-corrected chi connectivity index (χ0v) is 18.4. The van der Waals surface area contributed by atoms with Crippen LogP contribution in [0.4, 0.5) is 10.5 Å². The van der Waals surface area contributed by atoms with Gasteiger partial charge in [-0.1, -0.05) is 24.3 Å². The molecule has 1 spiro atoms. The molecule has 0 atom stereocenters. The summed E-state index contributed by atoms with van der Waals surface area (Å²) in [4.78, 5) is 46.5. The van der Waals surface area contributed by atoms with Crippen LogP contribution in [0.3, 0.4) is 0 Å². The topological polar surface area (TPSA) is 101 Å². The fourth-order valence-electron chi connectivity index (χ4n) is 5.04. The molecule has 4 aromatic rings. The van der Waals surface area contributed by atoms with E-state index in [2.05, 4.69) is 15.0 Å². The molecule has 2 aliphatic rings. The highest BCUT2D eigenvalue weighted by atomic mass is 16.5. The molecule has 34 heavy (non-hydrogen) atoms. The maximum absolute atomic E-state index is 13.8. The van der Waals surface area contributed by atoms with Crippen molar-refractivity contribution in [2.45, 2.75) is 12.0 Å². The van der Waals surface area contributed by atoms with E-state index in [9.17, 15) is 9.59 Å². The second-order valence-corrected chi connectivity index (χ2v) is 8.49. The highest BCUT2D eigenvalue weighted by Gasteiger charge is 2.59. The van der Waals surface area contributed by atoms with Gasteiger partial charge in [0.05, 0.1) is 31.2 Å². The van der Waals surface area contributed by atoms with Gasteiger partial charge in [-0.2, -0.15) is 0 Å². The van der Waals surface area contributed by atoms with E-state index >= 15 is 0 Å². The van der Waals surface area contributed by atoms with Gasteiger partial charge in [0.15, 0.2) is 0 Å². The Bertz CT molecular complexity index is 1440. The van der Waals surface area contributed by atoms with Crippen LogP contribution in [0.5, 0.6) is 0 Å². The fraction of sp³-hybridized carbons (Fsp3) is 0.200. The zero-order chi connectivity index (χ0) is 23.3. The molecule has 2 amide bonds. The highest BCUT2D eigenvalue weighted by molar-refractivity contribution is 6.10. The summed E-state index contributed by atoms with van der Waals surface area (Å²) in [6, 6.07) is 9.84. The Balaban J connectivity index is 1.44. The van der Waals surface area contributed by atoms with E-state index in [1.807, 2.05) is 36.5 Å². The van der Waals surface area contributed by atoms with Crippen LogP contribution in [-0.4, -0.2) is 57.0 Å². The predicted molar refractivity (Wildman–Crippen MR) is 124 cm³/mol. The number of nitrogens with zero attached hydrogens (tertiary/aromatic N) is 6. The number of pyridine rings is 2. The molecular formula is C25H20N6O3. The second-order valence-electron chi connectivity index (χ2n) is 8.49. The smallest absolute Gasteiger partial charge is 0.409 e. The molecule has 3 aromatic heterocycles. The first-order valence-electron chi connectivity index (χ1n) is 10.8. The normalized spacial score (nSPS) is 16.0. The number of carbonyl (C=O) groups is 2. The van der Waals surface area contributed by atoms with Crippen molar-refractivity contribution in [2.24, 2.45) is 0 Å². The van der Waals surface area contributed by atoms with E-state index in [1.54, 1.807) is 29.7 Å². The molecule has 1 saturated heterocycles. The van der Waals surface area contributed by atoms with Gasteiger partial charge < -0.3 is 14.5 Å². The molecule has 0 radical (unpaired) electrons. The minimum Gasteiger partial charge on any atom is -0.453 e. The molecule has 2 aliphatic heterocycles. The molecule has 0 aliphatic carbocycles. The van der Waals surface area contributed by atoms with E-state index < -0.39 is 11.5 Å². The Morgan fingerprint density at radius 1 is 1.06 bits per heavy atom. The minimum atomic E-state index is -0.792. The quantitative estimate of drug-likeness (QED) is 0.471. The van der Waals surface area contributed by atoms with E-state index in [0.717, 1.165) is 38.8 Å². The summed E-state index contributed by atoms with van der Waals surface area (Å²) in [7, 11) is 1.34. The van der Waals surface area contributed by atoms with Gasteiger partial charge in [0.1, 0.15) is 11.7 Å². The second kappa shape index (κ2) is 7.58. The van der Waals surface area contributed by atoms with Crippen LogP contribution in [-0.2, 0) is 21.5 Å². The molecule has 1 fully saturated rings. The largest absolute Gasteiger partial charge is 0.453 e. The minimum absolute atomic E-state index is 0.0686. The zero-order valence-electron chi connectivity index (χ0n) is 18.4. The molecule has 0 N–H and O–H groups in total. The average molecular weight is 452 g/mol. The number of fused-ring (bicyclic) bond motifs is 3. The fourth-order valence-corrected chi connectivity index (χ4v) is 5.04. The van der Waals surface area contributed by atoms with Crippen molar-refractivity contribution in [1.29, 1.82) is 0 Å². The van der Waals surface area contributed by atoms with Gasteiger partial charge >= 0.3 is 6.09 Å². The van der Waals surface area contributed by atoms with E-state index in [1.165, 1.54) is 18.3 Å². The van der Waals surface area contributed by atoms with E-state index in [0.29, 0.717) is 0 Å². The standard InChI is InChI=1S/C25H20N6O3/c1-34-24(33)30-13-25(14-30)19-6-7-26-11-21(19)31(23(25)32)12-20-22(17-8-27-15-28-9-17)18-5-3-2-4-16(18)10-29-20/h2-11,15H,12-14H2,1H3. The number of aromatic nitrogens is 4. The van der Waals surface area contributed by atoms with Crippen molar-refractivity contribution in [1.82, 2.24) is 24.8 Å². The molecule has 168 valence electrons. The van der Waals surface area contributed by atoms with Crippen LogP contribution in [0.15, 0.2) is 67.6 Å². The van der Waals surface area contributed by atoms with Gasteiger partial charge in [-0.3, -0.25) is 14.8 Å². The summed E-state index contributed by atoms with van der Waals surface area (Å²) in [5.41, 5.74) is 3.27. The summed E-state index contributed by atoms with van der Waals surface area (Å²) in [6.07, 6.45) is 9.76. The SMILES string of the molecule is COC(=O)N1CC2(C1)C(=O)N(Cc1ncc3ccccc3c1-c1cncnc1)c1cnccc12. The van der Waals surface area contributed by atoms with E-state index in [-0.39, 0.29) is 25.5 Å². The Hall–Kier alpha value is -4.40. The summed E-state index contributed by atoms with van der Waals surface area (Å²) < 4.78 is 4.84. The number of carbonyl (C=O) groups excluding carboxylic acids is 2. The lowest BCUT2D eigenvalue weighted by Crippen LogP contribution is -2.65. The van der Waals surface area contributed by atoms with Crippen LogP contribution in [0, 0.1) is 0 Å². The van der Waals surface area contributed by atoms with Gasteiger partial charge in [-0.05, 0) is 17.0 Å². The number of anilines is 1. The van der Waals surface area contributed by atoms with Crippen LogP contribution < -0.4 is 4.90 Å². The number of methoxy groups -OCH3 is 1. The Morgan fingerprint density at radius 3 is 2.65 bits per heavy atom. The number of amides is 2. The summed E-state index contributed by atoms with van der Waals surface area (Å²) in [5.74, 6) is -0.0686. The van der Waals surface area contributed by atoms with Gasteiger partial charge in [0.2, 0.25) is 5.91 Å². The first-order chi connectivity index (χ1) is 16.6. The number of ether oxygens (including phenoxy) is 1. The van der Waals surface area contributed by atoms with Gasteiger partial charge in [0.25, 0.3) is 0 Å². The highest BCUT2D eigenvalue weighted by Crippen LogP contribution is 2.48. The monoisotopic (exact) mass is 452 g/mol. The van der Waals surface area contributed by atoms with Gasteiger partial charge in [-0.25, -0.2) is 14.8 Å². The van der Waals surface area contributed by atoms with Crippen molar-refractivity contribution in [3.05, 3.63) is 78.9 Å². The summed E-state index contributed by atoms with van der Waals surface area (Å²) in [6.45, 7) is 0.805. The average Bonchev–Trinajstić information content (AvgIpc) is 3.11. The van der Waals surface area contributed by atoms with Crippen LogP contribution >= 0.6 is 0 Å². The third-order valence-corrected chi connectivity index (χ3v) is 6.65. The lowest BCUT2D eigenvalue weighted by atomic mass is 9.75. The molecule has 5 heterocycles. The third-order valence-electron chi connectivity index (χ3n) is 6.65. The number of rotatable bonds is 3. The maximum atomic E-state index is 13.8. The number of benzene rings is 1. The van der Waals surface area contributed by atoms with Crippen LogP contribution in [0.2, 0.25) is 0 Å². The lowest BCUT2D eigenvalue weighted by Gasteiger charge is -2.45. The van der Waals surface area contributed by atoms with Crippen LogP contribution in [0.1, 0.15) is 11.3 Å².